The second-order valence-corrected chi connectivity index (χ2v) is 7.22. The van der Waals surface area contributed by atoms with Crippen LogP contribution in [0.4, 0.5) is 5.69 Å². The van der Waals surface area contributed by atoms with Crippen LogP contribution in [0.15, 0.2) is 36.4 Å². The molecule has 4 heteroatoms. The molecule has 142 valence electrons. The number of hydrogen-bond donors (Lipinski definition) is 1. The molecule has 4 nitrogen and oxygen atoms in total. The van der Waals surface area contributed by atoms with E-state index in [0.717, 1.165) is 28.6 Å². The third-order valence-corrected chi connectivity index (χ3v) is 4.33. The molecule has 1 amide bonds. The maximum absolute atomic E-state index is 13.1. The van der Waals surface area contributed by atoms with Gasteiger partial charge in [-0.1, -0.05) is 45.0 Å². The SMILES string of the molecule is CCCOC(C)(CC(C)C)C(=O)Nc1ccc(OCC)c2ccccc12. The van der Waals surface area contributed by atoms with Crippen LogP contribution in [0.3, 0.4) is 0 Å². The van der Waals surface area contributed by atoms with E-state index in [4.69, 9.17) is 9.47 Å². The van der Waals surface area contributed by atoms with Crippen LogP contribution in [0.5, 0.6) is 5.75 Å². The number of benzene rings is 2. The monoisotopic (exact) mass is 357 g/mol. The minimum Gasteiger partial charge on any atom is -0.493 e. The predicted molar refractivity (Wildman–Crippen MR) is 108 cm³/mol. The summed E-state index contributed by atoms with van der Waals surface area (Å²) in [7, 11) is 0. The maximum atomic E-state index is 13.1. The molecule has 26 heavy (non-hydrogen) atoms. The summed E-state index contributed by atoms with van der Waals surface area (Å²) in [5.74, 6) is 1.09. The molecule has 0 heterocycles. The van der Waals surface area contributed by atoms with Crippen molar-refractivity contribution < 1.29 is 14.3 Å². The van der Waals surface area contributed by atoms with E-state index in [-0.39, 0.29) is 5.91 Å². The standard InChI is InChI=1S/C22H31NO3/c1-6-14-26-22(5,15-16(3)4)21(24)23-19-12-13-20(25-7-2)18-11-9-8-10-17(18)19/h8-13,16H,6-7,14-15H2,1-5H3,(H,23,24). The number of ether oxygens (including phenoxy) is 2. The Balaban J connectivity index is 2.33. The molecule has 0 radical (unpaired) electrons. The molecule has 1 unspecified atom stereocenters. The molecular weight excluding hydrogens is 326 g/mol. The Hall–Kier alpha value is -2.07. The van der Waals surface area contributed by atoms with Crippen molar-refractivity contribution >= 4 is 22.4 Å². The first-order valence-electron chi connectivity index (χ1n) is 9.51. The molecule has 0 saturated heterocycles. The van der Waals surface area contributed by atoms with E-state index < -0.39 is 5.60 Å². The number of hydrogen-bond acceptors (Lipinski definition) is 3. The van der Waals surface area contributed by atoms with E-state index >= 15 is 0 Å². The first kappa shape index (κ1) is 20.2. The zero-order valence-corrected chi connectivity index (χ0v) is 16.6. The number of fused-ring (bicyclic) bond motifs is 1. The number of carbonyl (C=O) groups excluding carboxylic acids is 1. The van der Waals surface area contributed by atoms with Gasteiger partial charge in [0.25, 0.3) is 5.91 Å². The first-order valence-corrected chi connectivity index (χ1v) is 9.51. The molecule has 2 aromatic rings. The highest BCUT2D eigenvalue weighted by Gasteiger charge is 2.35. The average molecular weight is 357 g/mol. The van der Waals surface area contributed by atoms with Gasteiger partial charge in [-0.25, -0.2) is 0 Å². The smallest absolute Gasteiger partial charge is 0.256 e. The van der Waals surface area contributed by atoms with Gasteiger partial charge >= 0.3 is 0 Å². The van der Waals surface area contributed by atoms with Gasteiger partial charge in [-0.2, -0.15) is 0 Å². The zero-order chi connectivity index (χ0) is 19.2. The summed E-state index contributed by atoms with van der Waals surface area (Å²) in [5.41, 5.74) is -0.0618. The summed E-state index contributed by atoms with van der Waals surface area (Å²) in [5, 5.41) is 5.05. The van der Waals surface area contributed by atoms with Gasteiger partial charge in [0.2, 0.25) is 0 Å². The highest BCUT2D eigenvalue weighted by molar-refractivity contribution is 6.06. The molecule has 0 aliphatic rings. The molecule has 1 atom stereocenters. The highest BCUT2D eigenvalue weighted by Crippen LogP contribution is 2.33. The van der Waals surface area contributed by atoms with Gasteiger partial charge in [0.1, 0.15) is 11.4 Å². The highest BCUT2D eigenvalue weighted by atomic mass is 16.5. The van der Waals surface area contributed by atoms with Crippen LogP contribution >= 0.6 is 0 Å². The molecule has 0 aromatic heterocycles. The Labute approximate surface area is 156 Å². The van der Waals surface area contributed by atoms with Crippen LogP contribution in [-0.2, 0) is 9.53 Å². The summed E-state index contributed by atoms with van der Waals surface area (Å²) in [6, 6.07) is 11.8. The summed E-state index contributed by atoms with van der Waals surface area (Å²) in [4.78, 5) is 13.1. The lowest BCUT2D eigenvalue weighted by atomic mass is 9.92. The Morgan fingerprint density at radius 1 is 1.12 bits per heavy atom. The summed E-state index contributed by atoms with van der Waals surface area (Å²) >= 11 is 0. The minimum atomic E-state index is -0.843. The predicted octanol–water partition coefficient (Wildman–Crippen LogP) is 5.41. The van der Waals surface area contributed by atoms with Gasteiger partial charge < -0.3 is 14.8 Å². The molecule has 2 aromatic carbocycles. The summed E-state index contributed by atoms with van der Waals surface area (Å²) in [6.45, 7) is 11.3. The van der Waals surface area contributed by atoms with Crippen molar-refractivity contribution in [2.75, 3.05) is 18.5 Å². The number of anilines is 1. The van der Waals surface area contributed by atoms with Crippen molar-refractivity contribution in [2.45, 2.75) is 53.1 Å². The molecule has 0 spiro atoms. The normalized spacial score (nSPS) is 13.6. The Kier molecular flexibility index (Phi) is 7.04. The van der Waals surface area contributed by atoms with Crippen molar-refractivity contribution in [1.29, 1.82) is 0 Å². The van der Waals surface area contributed by atoms with Crippen LogP contribution in [-0.4, -0.2) is 24.7 Å². The van der Waals surface area contributed by atoms with Gasteiger partial charge in [-0.15, -0.1) is 0 Å². The van der Waals surface area contributed by atoms with Crippen molar-refractivity contribution in [2.24, 2.45) is 5.92 Å². The largest absolute Gasteiger partial charge is 0.493 e. The zero-order valence-electron chi connectivity index (χ0n) is 16.6. The van der Waals surface area contributed by atoms with Gasteiger partial charge in [0.15, 0.2) is 0 Å². The third-order valence-electron chi connectivity index (χ3n) is 4.33. The van der Waals surface area contributed by atoms with Gasteiger partial charge in [0.05, 0.1) is 6.61 Å². The minimum absolute atomic E-state index is 0.103. The summed E-state index contributed by atoms with van der Waals surface area (Å²) in [6.07, 6.45) is 1.56. The van der Waals surface area contributed by atoms with Crippen LogP contribution in [0.25, 0.3) is 10.8 Å². The van der Waals surface area contributed by atoms with E-state index in [9.17, 15) is 4.79 Å². The number of amides is 1. The lowest BCUT2D eigenvalue weighted by Crippen LogP contribution is -2.44. The topological polar surface area (TPSA) is 47.6 Å². The van der Waals surface area contributed by atoms with E-state index in [1.54, 1.807) is 0 Å². The fraction of sp³-hybridized carbons (Fsp3) is 0.500. The van der Waals surface area contributed by atoms with Crippen LogP contribution in [0, 0.1) is 5.92 Å². The number of nitrogens with one attached hydrogen (secondary N) is 1. The van der Waals surface area contributed by atoms with Gasteiger partial charge in [-0.3, -0.25) is 4.79 Å². The first-order chi connectivity index (χ1) is 12.4. The van der Waals surface area contributed by atoms with E-state index in [2.05, 4.69) is 19.2 Å². The Bertz CT molecular complexity index is 741. The van der Waals surface area contributed by atoms with E-state index in [0.29, 0.717) is 25.6 Å². The van der Waals surface area contributed by atoms with Crippen molar-refractivity contribution in [1.82, 2.24) is 0 Å². The molecule has 0 fully saturated rings. The molecule has 0 aliphatic carbocycles. The third kappa shape index (κ3) is 4.76. The Morgan fingerprint density at radius 2 is 1.81 bits per heavy atom. The molecule has 1 N–H and O–H groups in total. The number of carbonyl (C=O) groups is 1. The lowest BCUT2D eigenvalue weighted by Gasteiger charge is -2.30. The van der Waals surface area contributed by atoms with Crippen molar-refractivity contribution in [3.8, 4) is 5.75 Å². The summed E-state index contributed by atoms with van der Waals surface area (Å²) < 4.78 is 11.7. The molecular formula is C22H31NO3. The van der Waals surface area contributed by atoms with Crippen LogP contribution < -0.4 is 10.1 Å². The maximum Gasteiger partial charge on any atom is 0.256 e. The molecule has 0 bridgehead atoms. The number of rotatable bonds is 9. The second-order valence-electron chi connectivity index (χ2n) is 7.22. The lowest BCUT2D eigenvalue weighted by molar-refractivity contribution is -0.141. The molecule has 2 rings (SSSR count). The molecule has 0 aliphatic heterocycles. The van der Waals surface area contributed by atoms with E-state index in [1.165, 1.54) is 0 Å². The quantitative estimate of drug-likeness (QED) is 0.653. The van der Waals surface area contributed by atoms with Gasteiger partial charge in [0, 0.05) is 23.1 Å². The van der Waals surface area contributed by atoms with E-state index in [1.807, 2.05) is 57.2 Å². The van der Waals surface area contributed by atoms with Crippen molar-refractivity contribution in [3.05, 3.63) is 36.4 Å². The Morgan fingerprint density at radius 3 is 2.42 bits per heavy atom. The average Bonchev–Trinajstić information content (AvgIpc) is 2.61. The second kappa shape index (κ2) is 9.04. The fourth-order valence-electron chi connectivity index (χ4n) is 3.24. The van der Waals surface area contributed by atoms with Crippen LogP contribution in [0.2, 0.25) is 0 Å². The van der Waals surface area contributed by atoms with Crippen LogP contribution in [0.1, 0.15) is 47.5 Å². The molecule has 0 saturated carbocycles. The fourth-order valence-corrected chi connectivity index (χ4v) is 3.24. The van der Waals surface area contributed by atoms with Gasteiger partial charge in [-0.05, 0) is 44.7 Å². The van der Waals surface area contributed by atoms with Crippen molar-refractivity contribution in [3.63, 3.8) is 0 Å².